The van der Waals surface area contributed by atoms with Crippen LogP contribution in [0, 0.1) is 34.6 Å². The van der Waals surface area contributed by atoms with Gasteiger partial charge < -0.3 is 20.1 Å². The van der Waals surface area contributed by atoms with Gasteiger partial charge in [-0.25, -0.2) is 0 Å². The first-order valence-corrected chi connectivity index (χ1v) is 13.8. The van der Waals surface area contributed by atoms with Crippen molar-refractivity contribution in [2.24, 2.45) is 0 Å². The fraction of sp³-hybridized carbons (Fsp3) is 0.281. The quantitative estimate of drug-likeness (QED) is 0.267. The summed E-state index contributed by atoms with van der Waals surface area (Å²) in [6.07, 6.45) is 2.13. The van der Waals surface area contributed by atoms with Crippen molar-refractivity contribution in [1.82, 2.24) is 19.8 Å². The minimum atomic E-state index is -0.133. The van der Waals surface area contributed by atoms with Crippen LogP contribution in [0.1, 0.15) is 57.8 Å². The molecular weight excluding hydrogens is 502 g/mol. The zero-order valence-corrected chi connectivity index (χ0v) is 24.0. The molecule has 1 aliphatic rings. The van der Waals surface area contributed by atoms with Crippen molar-refractivity contribution in [1.29, 1.82) is 0 Å². The number of pyridine rings is 1. The molecule has 2 atom stereocenters. The summed E-state index contributed by atoms with van der Waals surface area (Å²) in [6.45, 7) is 11.2. The summed E-state index contributed by atoms with van der Waals surface area (Å²) in [5, 5.41) is 7.17. The number of anilines is 1. The van der Waals surface area contributed by atoms with E-state index in [1.165, 1.54) is 22.4 Å². The molecule has 4 aromatic rings. The Morgan fingerprint density at radius 2 is 1.77 bits per heavy atom. The summed E-state index contributed by atoms with van der Waals surface area (Å²) in [6, 6.07) is 22.2. The van der Waals surface area contributed by atoms with Crippen LogP contribution in [0.15, 0.2) is 72.9 Å². The summed E-state index contributed by atoms with van der Waals surface area (Å²) in [5.41, 5.74) is 10.1. The molecule has 6 nitrogen and oxygen atoms in total. The van der Waals surface area contributed by atoms with E-state index in [0.717, 1.165) is 28.3 Å². The molecule has 1 saturated heterocycles. The second-order valence-electron chi connectivity index (χ2n) is 10.4. The summed E-state index contributed by atoms with van der Waals surface area (Å²) in [5.74, 6) is -0.0393. The molecule has 0 bridgehead atoms. The van der Waals surface area contributed by atoms with Crippen LogP contribution in [-0.2, 0) is 4.79 Å². The number of carbonyl (C=O) groups excluding carboxylic acids is 1. The Bertz CT molecular complexity index is 1510. The van der Waals surface area contributed by atoms with Crippen molar-refractivity contribution in [3.05, 3.63) is 112 Å². The lowest BCUT2D eigenvalue weighted by molar-refractivity contribution is -0.116. The van der Waals surface area contributed by atoms with Gasteiger partial charge in [-0.15, -0.1) is 0 Å². The maximum absolute atomic E-state index is 12.9. The van der Waals surface area contributed by atoms with Crippen molar-refractivity contribution < 1.29 is 4.79 Å². The van der Waals surface area contributed by atoms with Crippen LogP contribution in [0.25, 0.3) is 5.69 Å². The maximum atomic E-state index is 12.9. The molecule has 2 aromatic heterocycles. The van der Waals surface area contributed by atoms with Crippen LogP contribution in [0.5, 0.6) is 0 Å². The van der Waals surface area contributed by atoms with Crippen molar-refractivity contribution in [2.75, 3.05) is 11.9 Å². The lowest BCUT2D eigenvalue weighted by atomic mass is 9.96. The van der Waals surface area contributed by atoms with Crippen LogP contribution in [0.4, 0.5) is 5.69 Å². The number of nitrogens with zero attached hydrogens (tertiary/aromatic N) is 3. The van der Waals surface area contributed by atoms with Gasteiger partial charge in [0.05, 0.1) is 17.8 Å². The van der Waals surface area contributed by atoms with E-state index in [1.807, 2.05) is 55.6 Å². The van der Waals surface area contributed by atoms with Gasteiger partial charge in [0, 0.05) is 41.9 Å². The zero-order valence-electron chi connectivity index (χ0n) is 23.2. The number of hydrogen-bond donors (Lipinski definition) is 2. The summed E-state index contributed by atoms with van der Waals surface area (Å²) >= 11 is 5.85. The molecule has 3 heterocycles. The molecule has 1 aliphatic heterocycles. The molecule has 2 unspecified atom stereocenters. The lowest BCUT2D eigenvalue weighted by Crippen LogP contribution is -2.32. The van der Waals surface area contributed by atoms with E-state index in [2.05, 4.69) is 77.0 Å². The minimum Gasteiger partial charge on any atom is -0.352 e. The molecule has 5 rings (SSSR count). The van der Waals surface area contributed by atoms with Crippen LogP contribution < -0.4 is 10.6 Å². The minimum absolute atomic E-state index is 0.0393. The van der Waals surface area contributed by atoms with E-state index in [4.69, 9.17) is 12.2 Å². The molecule has 0 radical (unpaired) electrons. The van der Waals surface area contributed by atoms with Gasteiger partial charge in [0.25, 0.3) is 0 Å². The highest BCUT2D eigenvalue weighted by atomic mass is 32.1. The van der Waals surface area contributed by atoms with E-state index in [-0.39, 0.29) is 18.0 Å². The number of benzene rings is 2. The van der Waals surface area contributed by atoms with Crippen molar-refractivity contribution in [2.45, 2.75) is 53.1 Å². The number of hydrogen-bond acceptors (Lipinski definition) is 3. The Morgan fingerprint density at radius 1 is 1.00 bits per heavy atom. The monoisotopic (exact) mass is 537 g/mol. The summed E-state index contributed by atoms with van der Waals surface area (Å²) in [7, 11) is 0. The number of nitrogens with one attached hydrogen (secondary N) is 2. The molecule has 1 fully saturated rings. The van der Waals surface area contributed by atoms with E-state index in [9.17, 15) is 4.79 Å². The highest BCUT2D eigenvalue weighted by Crippen LogP contribution is 2.41. The first kappa shape index (κ1) is 26.6. The molecule has 1 amide bonds. The van der Waals surface area contributed by atoms with Crippen LogP contribution >= 0.6 is 12.2 Å². The first-order valence-electron chi connectivity index (χ1n) is 13.3. The summed E-state index contributed by atoms with van der Waals surface area (Å²) < 4.78 is 2.33. The maximum Gasteiger partial charge on any atom is 0.226 e. The number of aromatic nitrogens is 2. The fourth-order valence-electron chi connectivity index (χ4n) is 5.50. The van der Waals surface area contributed by atoms with E-state index in [0.29, 0.717) is 18.1 Å². The summed E-state index contributed by atoms with van der Waals surface area (Å²) in [4.78, 5) is 19.7. The topological polar surface area (TPSA) is 62.2 Å². The third-order valence-electron chi connectivity index (χ3n) is 7.72. The Hall–Kier alpha value is -3.97. The Labute approximate surface area is 236 Å². The first-order chi connectivity index (χ1) is 18.7. The number of aryl methyl sites for hydroxylation is 3. The second-order valence-corrected chi connectivity index (χ2v) is 10.8. The largest absolute Gasteiger partial charge is 0.352 e. The van der Waals surface area contributed by atoms with E-state index < -0.39 is 0 Å². The smallest absolute Gasteiger partial charge is 0.226 e. The molecule has 7 heteroatoms. The number of thiocarbonyl (C=S) groups is 1. The molecule has 2 aromatic carbocycles. The van der Waals surface area contributed by atoms with Gasteiger partial charge >= 0.3 is 0 Å². The standard InChI is InChI=1S/C32H35N5OS/c1-20-12-14-25(15-13-20)34-29(38)16-18-36-31(30(35-32(36)39)27-10-6-7-17-33-27)26-19-22(3)37(24(26)5)28-11-8-9-21(2)23(28)4/h6-15,17,19,30-31H,16,18H2,1-5H3,(H,34,38)(H,35,39). The highest BCUT2D eigenvalue weighted by Gasteiger charge is 2.41. The van der Waals surface area contributed by atoms with Gasteiger partial charge in [-0.2, -0.15) is 0 Å². The third kappa shape index (κ3) is 5.32. The molecule has 0 aliphatic carbocycles. The zero-order chi connectivity index (χ0) is 27.7. The van der Waals surface area contributed by atoms with Crippen molar-refractivity contribution in [3.8, 4) is 5.69 Å². The number of carbonyl (C=O) groups is 1. The fourth-order valence-corrected chi connectivity index (χ4v) is 5.83. The SMILES string of the molecule is Cc1ccc(NC(=O)CCN2C(=S)NC(c3ccccn3)C2c2cc(C)n(-c3cccc(C)c3C)c2C)cc1. The molecule has 39 heavy (non-hydrogen) atoms. The van der Waals surface area contributed by atoms with Crippen molar-refractivity contribution >= 4 is 28.9 Å². The molecule has 0 saturated carbocycles. The third-order valence-corrected chi connectivity index (χ3v) is 8.07. The van der Waals surface area contributed by atoms with Crippen molar-refractivity contribution in [3.63, 3.8) is 0 Å². The average molecular weight is 538 g/mol. The van der Waals surface area contributed by atoms with Gasteiger partial charge in [-0.1, -0.05) is 35.9 Å². The van der Waals surface area contributed by atoms with Crippen LogP contribution in [0.2, 0.25) is 0 Å². The van der Waals surface area contributed by atoms with Gasteiger partial charge in [-0.3, -0.25) is 9.78 Å². The Kier molecular flexibility index (Phi) is 7.53. The Morgan fingerprint density at radius 3 is 2.49 bits per heavy atom. The van der Waals surface area contributed by atoms with Gasteiger partial charge in [0.2, 0.25) is 5.91 Å². The van der Waals surface area contributed by atoms with Gasteiger partial charge in [-0.05, 0) is 99.9 Å². The highest BCUT2D eigenvalue weighted by molar-refractivity contribution is 7.80. The number of rotatable bonds is 7. The predicted octanol–water partition coefficient (Wildman–Crippen LogP) is 6.42. The molecule has 0 spiro atoms. The van der Waals surface area contributed by atoms with Gasteiger partial charge in [0.1, 0.15) is 0 Å². The molecule has 200 valence electrons. The molecule has 2 N–H and O–H groups in total. The lowest BCUT2D eigenvalue weighted by Gasteiger charge is -2.28. The number of amides is 1. The second kappa shape index (κ2) is 11.0. The van der Waals surface area contributed by atoms with E-state index >= 15 is 0 Å². The van der Waals surface area contributed by atoms with Crippen LogP contribution in [0.3, 0.4) is 0 Å². The normalized spacial score (nSPS) is 16.8. The molecular formula is C32H35N5OS. The van der Waals surface area contributed by atoms with Crippen LogP contribution in [-0.4, -0.2) is 32.0 Å². The average Bonchev–Trinajstić information content (AvgIpc) is 3.40. The predicted molar refractivity (Wildman–Crippen MR) is 161 cm³/mol. The van der Waals surface area contributed by atoms with Gasteiger partial charge in [0.15, 0.2) is 5.11 Å². The Balaban J connectivity index is 1.48. The van der Waals surface area contributed by atoms with E-state index in [1.54, 1.807) is 0 Å².